The molecule has 0 aliphatic rings. The van der Waals surface area contributed by atoms with E-state index in [9.17, 15) is 9.59 Å². The van der Waals surface area contributed by atoms with Gasteiger partial charge in [0.15, 0.2) is 0 Å². The van der Waals surface area contributed by atoms with Crippen LogP contribution in [0.1, 0.15) is 34.7 Å². The number of hydrogen-bond donors (Lipinski definition) is 1. The number of nitrogens with one attached hydrogen (secondary N) is 1. The van der Waals surface area contributed by atoms with E-state index in [1.807, 2.05) is 26.0 Å². The van der Waals surface area contributed by atoms with E-state index in [0.29, 0.717) is 35.1 Å². The first kappa shape index (κ1) is 20.0. The second kappa shape index (κ2) is 8.99. The third-order valence-corrected chi connectivity index (χ3v) is 5.41. The van der Waals surface area contributed by atoms with Crippen LogP contribution in [0.15, 0.2) is 53.9 Å². The number of thiazole rings is 1. The third kappa shape index (κ3) is 4.58. The van der Waals surface area contributed by atoms with Crippen LogP contribution in [0.3, 0.4) is 0 Å². The van der Waals surface area contributed by atoms with E-state index >= 15 is 0 Å². The Kier molecular flexibility index (Phi) is 6.44. The number of nitrogens with zero attached hydrogens (tertiary/aromatic N) is 2. The summed E-state index contributed by atoms with van der Waals surface area (Å²) in [6, 6.07) is 14.2. The lowest BCUT2D eigenvalue weighted by atomic mass is 10.1. The van der Waals surface area contributed by atoms with Crippen molar-refractivity contribution in [1.82, 2.24) is 9.88 Å². The maximum atomic E-state index is 12.5. The Bertz CT molecular complexity index is 964. The maximum Gasteiger partial charge on any atom is 0.275 e. The molecular weight excluding hydrogens is 394 g/mol. The largest absolute Gasteiger partial charge is 0.339 e. The number of amides is 2. The van der Waals surface area contributed by atoms with Crippen molar-refractivity contribution >= 4 is 40.4 Å². The number of anilines is 1. The molecule has 2 aromatic carbocycles. The minimum absolute atomic E-state index is 0.0185. The van der Waals surface area contributed by atoms with Crippen molar-refractivity contribution in [3.8, 4) is 10.6 Å². The summed E-state index contributed by atoms with van der Waals surface area (Å²) in [4.78, 5) is 31.0. The molecule has 2 amide bonds. The van der Waals surface area contributed by atoms with Crippen LogP contribution in [-0.4, -0.2) is 34.8 Å². The summed E-state index contributed by atoms with van der Waals surface area (Å²) >= 11 is 7.30. The van der Waals surface area contributed by atoms with Crippen molar-refractivity contribution in [1.29, 1.82) is 0 Å². The Hall–Kier alpha value is -2.70. The van der Waals surface area contributed by atoms with Crippen LogP contribution in [0, 0.1) is 0 Å². The Morgan fingerprint density at radius 2 is 1.68 bits per heavy atom. The summed E-state index contributed by atoms with van der Waals surface area (Å²) in [6.45, 7) is 5.21. The van der Waals surface area contributed by atoms with Crippen LogP contribution in [-0.2, 0) is 0 Å². The van der Waals surface area contributed by atoms with Gasteiger partial charge in [-0.2, -0.15) is 0 Å². The highest BCUT2D eigenvalue weighted by Gasteiger charge is 2.14. The fourth-order valence-electron chi connectivity index (χ4n) is 2.69. The smallest absolute Gasteiger partial charge is 0.275 e. The van der Waals surface area contributed by atoms with Gasteiger partial charge in [0.25, 0.3) is 11.8 Å². The first-order valence-corrected chi connectivity index (χ1v) is 10.2. The molecule has 0 unspecified atom stereocenters. The standard InChI is InChI=1S/C21H20ClN3O2S/c1-3-25(4-2)21(27)15-7-11-17(12-8-15)23-19(26)18-13-28-20(24-18)14-5-9-16(22)10-6-14/h5-13H,3-4H2,1-2H3,(H,23,26). The van der Waals surface area contributed by atoms with Gasteiger partial charge in [0, 0.05) is 40.3 Å². The number of aromatic nitrogens is 1. The highest BCUT2D eigenvalue weighted by atomic mass is 35.5. The van der Waals surface area contributed by atoms with E-state index < -0.39 is 0 Å². The van der Waals surface area contributed by atoms with E-state index in [1.165, 1.54) is 11.3 Å². The predicted octanol–water partition coefficient (Wildman–Crippen LogP) is 5.20. The SMILES string of the molecule is CCN(CC)C(=O)c1ccc(NC(=O)c2csc(-c3ccc(Cl)cc3)n2)cc1. The summed E-state index contributed by atoms with van der Waals surface area (Å²) in [5.74, 6) is -0.311. The number of benzene rings is 2. The summed E-state index contributed by atoms with van der Waals surface area (Å²) in [6.07, 6.45) is 0. The number of rotatable bonds is 6. The van der Waals surface area contributed by atoms with Gasteiger partial charge in [-0.3, -0.25) is 9.59 Å². The summed E-state index contributed by atoms with van der Waals surface area (Å²) in [5, 5.41) is 5.94. The second-order valence-corrected chi connectivity index (χ2v) is 7.35. The number of halogens is 1. The van der Waals surface area contributed by atoms with Crippen molar-refractivity contribution in [2.45, 2.75) is 13.8 Å². The third-order valence-electron chi connectivity index (χ3n) is 4.27. The Balaban J connectivity index is 1.68. The van der Waals surface area contributed by atoms with Gasteiger partial charge >= 0.3 is 0 Å². The van der Waals surface area contributed by atoms with E-state index in [2.05, 4.69) is 10.3 Å². The number of carbonyl (C=O) groups excluding carboxylic acids is 2. The highest BCUT2D eigenvalue weighted by molar-refractivity contribution is 7.13. The fourth-order valence-corrected chi connectivity index (χ4v) is 3.62. The molecule has 0 saturated heterocycles. The van der Waals surface area contributed by atoms with Gasteiger partial charge in [-0.25, -0.2) is 4.98 Å². The molecule has 0 radical (unpaired) electrons. The zero-order chi connectivity index (χ0) is 20.1. The van der Waals surface area contributed by atoms with Gasteiger partial charge in [-0.05, 0) is 50.2 Å². The average Bonchev–Trinajstić information content (AvgIpc) is 3.20. The predicted molar refractivity (Wildman–Crippen MR) is 114 cm³/mol. The lowest BCUT2D eigenvalue weighted by Gasteiger charge is -2.18. The highest BCUT2D eigenvalue weighted by Crippen LogP contribution is 2.25. The molecule has 0 saturated carbocycles. The van der Waals surface area contributed by atoms with Gasteiger partial charge < -0.3 is 10.2 Å². The molecule has 0 atom stereocenters. The topological polar surface area (TPSA) is 62.3 Å². The molecule has 7 heteroatoms. The molecule has 5 nitrogen and oxygen atoms in total. The minimum atomic E-state index is -0.292. The van der Waals surface area contributed by atoms with Gasteiger partial charge in [-0.15, -0.1) is 11.3 Å². The van der Waals surface area contributed by atoms with Crippen molar-refractivity contribution in [3.05, 3.63) is 70.2 Å². The second-order valence-electron chi connectivity index (χ2n) is 6.05. The Morgan fingerprint density at radius 1 is 1.04 bits per heavy atom. The van der Waals surface area contributed by atoms with Crippen LogP contribution in [0.5, 0.6) is 0 Å². The Labute approximate surface area is 173 Å². The summed E-state index contributed by atoms with van der Waals surface area (Å²) in [5.41, 5.74) is 2.47. The van der Waals surface area contributed by atoms with Crippen molar-refractivity contribution < 1.29 is 9.59 Å². The molecule has 0 aliphatic carbocycles. The lowest BCUT2D eigenvalue weighted by Crippen LogP contribution is -2.30. The summed E-state index contributed by atoms with van der Waals surface area (Å²) < 4.78 is 0. The molecule has 0 spiro atoms. The van der Waals surface area contributed by atoms with E-state index in [0.717, 1.165) is 10.6 Å². The molecule has 3 rings (SSSR count). The minimum Gasteiger partial charge on any atom is -0.339 e. The van der Waals surface area contributed by atoms with E-state index in [1.54, 1.807) is 46.7 Å². The molecule has 1 aromatic heterocycles. The van der Waals surface area contributed by atoms with Crippen LogP contribution in [0.2, 0.25) is 5.02 Å². The molecule has 3 aromatic rings. The first-order valence-electron chi connectivity index (χ1n) is 8.94. The number of carbonyl (C=O) groups is 2. The van der Waals surface area contributed by atoms with Crippen molar-refractivity contribution in [3.63, 3.8) is 0 Å². The Morgan fingerprint density at radius 3 is 2.29 bits per heavy atom. The van der Waals surface area contributed by atoms with E-state index in [4.69, 9.17) is 11.6 Å². The zero-order valence-electron chi connectivity index (χ0n) is 15.6. The fraction of sp³-hybridized carbons (Fsp3) is 0.190. The van der Waals surface area contributed by atoms with E-state index in [-0.39, 0.29) is 11.8 Å². The molecule has 0 bridgehead atoms. The lowest BCUT2D eigenvalue weighted by molar-refractivity contribution is 0.0773. The van der Waals surface area contributed by atoms with Crippen LogP contribution in [0.25, 0.3) is 10.6 Å². The molecule has 0 aliphatic heterocycles. The molecule has 28 heavy (non-hydrogen) atoms. The summed E-state index contributed by atoms with van der Waals surface area (Å²) in [7, 11) is 0. The van der Waals surface area contributed by atoms with Gasteiger partial charge in [0.2, 0.25) is 0 Å². The normalized spacial score (nSPS) is 10.5. The monoisotopic (exact) mass is 413 g/mol. The first-order chi connectivity index (χ1) is 13.5. The maximum absolute atomic E-state index is 12.5. The average molecular weight is 414 g/mol. The quantitative estimate of drug-likeness (QED) is 0.604. The molecule has 144 valence electrons. The molecule has 0 fully saturated rings. The van der Waals surface area contributed by atoms with Gasteiger partial charge in [0.1, 0.15) is 10.7 Å². The van der Waals surface area contributed by atoms with Crippen molar-refractivity contribution in [2.24, 2.45) is 0 Å². The van der Waals surface area contributed by atoms with Crippen LogP contribution in [0.4, 0.5) is 5.69 Å². The van der Waals surface area contributed by atoms with Crippen molar-refractivity contribution in [2.75, 3.05) is 18.4 Å². The molecule has 1 N–H and O–H groups in total. The van der Waals surface area contributed by atoms with Crippen LogP contribution >= 0.6 is 22.9 Å². The molecular formula is C21H20ClN3O2S. The van der Waals surface area contributed by atoms with Gasteiger partial charge in [0.05, 0.1) is 0 Å². The zero-order valence-corrected chi connectivity index (χ0v) is 17.2. The van der Waals surface area contributed by atoms with Crippen LogP contribution < -0.4 is 5.32 Å². The molecule has 1 heterocycles. The van der Waals surface area contributed by atoms with Gasteiger partial charge in [-0.1, -0.05) is 23.7 Å². The number of hydrogen-bond acceptors (Lipinski definition) is 4.